The fourth-order valence-electron chi connectivity index (χ4n) is 7.07. The van der Waals surface area contributed by atoms with Gasteiger partial charge >= 0.3 is 12.1 Å². The summed E-state index contributed by atoms with van der Waals surface area (Å²) in [5, 5.41) is 18.2. The largest absolute Gasteiger partial charge is 0.493 e. The number of Topliss-reactive ketones (excluding diaryl/α,β-unsaturated/α-hetero) is 1. The highest BCUT2D eigenvalue weighted by Gasteiger charge is 2.56. The molecule has 2 aliphatic carbocycles. The number of fused-ring (bicyclic) bond motifs is 1. The van der Waals surface area contributed by atoms with Crippen LogP contribution in [0.4, 0.5) is 13.2 Å². The molecule has 0 bridgehead atoms. The Morgan fingerprint density at radius 2 is 1.76 bits per heavy atom. The summed E-state index contributed by atoms with van der Waals surface area (Å²) in [7, 11) is -1.71. The first-order valence-corrected chi connectivity index (χ1v) is 19.3. The zero-order valence-electron chi connectivity index (χ0n) is 25.9. The van der Waals surface area contributed by atoms with Crippen LogP contribution in [0.1, 0.15) is 60.9 Å². The van der Waals surface area contributed by atoms with E-state index < -0.39 is 48.6 Å². The molecule has 8 nitrogen and oxygen atoms in total. The molecule has 45 heavy (non-hydrogen) atoms. The lowest BCUT2D eigenvalue weighted by molar-refractivity contribution is -0.146. The van der Waals surface area contributed by atoms with Gasteiger partial charge in [-0.1, -0.05) is 43.7 Å². The minimum atomic E-state index is -4.65. The fourth-order valence-corrected chi connectivity index (χ4v) is 8.27. The van der Waals surface area contributed by atoms with Crippen molar-refractivity contribution in [2.24, 2.45) is 23.2 Å². The van der Waals surface area contributed by atoms with E-state index in [1.165, 1.54) is 12.8 Å². The van der Waals surface area contributed by atoms with E-state index in [1.807, 2.05) is 0 Å². The van der Waals surface area contributed by atoms with Crippen molar-refractivity contribution in [2.75, 3.05) is 6.61 Å². The van der Waals surface area contributed by atoms with Gasteiger partial charge in [0, 0.05) is 19.1 Å². The fraction of sp³-hybridized carbons (Fsp3) is 0.545. The molecule has 2 saturated carbocycles. The summed E-state index contributed by atoms with van der Waals surface area (Å²) in [5.41, 5.74) is -2.55. The topological polar surface area (TPSA) is 111 Å². The van der Waals surface area contributed by atoms with Gasteiger partial charge < -0.3 is 9.84 Å². The van der Waals surface area contributed by atoms with Crippen LogP contribution >= 0.6 is 0 Å². The van der Waals surface area contributed by atoms with Crippen molar-refractivity contribution >= 4 is 30.7 Å². The molecule has 0 radical (unpaired) electrons. The number of halogens is 3. The highest BCUT2D eigenvalue weighted by Crippen LogP contribution is 2.53. The number of benzene rings is 2. The standard InChI is InChI=1S/C33H40F3N3O5Si/c1-45(2,3)17-16-32(29(40)22-8-11-25(12-9-22)44-20-21-6-4-5-7-21)15-14-23(28(32)31(42)43)19-39-30(41)26-18-24(33(34,35)36)10-13-27(26)37-38-39/h8-13,18,21,23,28H,4-7,14-17,19-20H2,1-3H3,(H,42,43). The monoisotopic (exact) mass is 643 g/mol. The number of aliphatic carboxylic acids is 1. The first-order chi connectivity index (χ1) is 21.2. The Labute approximate surface area is 261 Å². The summed E-state index contributed by atoms with van der Waals surface area (Å²) in [6, 6.07) is 10.3. The minimum Gasteiger partial charge on any atom is -0.493 e. The molecule has 12 heteroatoms. The third-order valence-electron chi connectivity index (χ3n) is 9.60. The molecular formula is C33H40F3N3O5Si. The van der Waals surface area contributed by atoms with Gasteiger partial charge in [0.15, 0.2) is 5.78 Å². The predicted molar refractivity (Wildman–Crippen MR) is 166 cm³/mol. The van der Waals surface area contributed by atoms with Crippen LogP contribution in [0.3, 0.4) is 0 Å². The van der Waals surface area contributed by atoms with Crippen molar-refractivity contribution in [3.8, 4) is 5.75 Å². The number of aromatic nitrogens is 3. The number of hydrogen-bond acceptors (Lipinski definition) is 6. The van der Waals surface area contributed by atoms with E-state index in [1.54, 1.807) is 24.3 Å². The molecule has 3 aromatic rings. The van der Waals surface area contributed by atoms with Crippen molar-refractivity contribution < 1.29 is 32.6 Å². The molecule has 1 aromatic heterocycles. The third-order valence-corrected chi connectivity index (χ3v) is 11.4. The van der Waals surface area contributed by atoms with Gasteiger partial charge in [-0.05, 0) is 86.4 Å². The van der Waals surface area contributed by atoms with Gasteiger partial charge in [-0.15, -0.1) is 5.10 Å². The van der Waals surface area contributed by atoms with E-state index in [4.69, 9.17) is 4.74 Å². The van der Waals surface area contributed by atoms with E-state index in [0.29, 0.717) is 43.1 Å². The average molecular weight is 644 g/mol. The smallest absolute Gasteiger partial charge is 0.416 e. The number of ketones is 1. The van der Waals surface area contributed by atoms with Crippen LogP contribution in [0.15, 0.2) is 47.3 Å². The van der Waals surface area contributed by atoms with Gasteiger partial charge in [-0.2, -0.15) is 13.2 Å². The second-order valence-corrected chi connectivity index (χ2v) is 19.6. The Bertz CT molecular complexity index is 1610. The molecule has 0 amide bonds. The maximum Gasteiger partial charge on any atom is 0.416 e. The predicted octanol–water partition coefficient (Wildman–Crippen LogP) is 7.09. The normalized spacial score (nSPS) is 22.6. The van der Waals surface area contributed by atoms with Crippen LogP contribution in [0.5, 0.6) is 5.75 Å². The minimum absolute atomic E-state index is 0.0146. The van der Waals surface area contributed by atoms with Crippen LogP contribution in [0.25, 0.3) is 10.9 Å². The number of carbonyl (C=O) groups is 2. The Balaban J connectivity index is 1.44. The maximum atomic E-state index is 14.4. The van der Waals surface area contributed by atoms with Crippen molar-refractivity contribution in [1.82, 2.24) is 15.0 Å². The summed E-state index contributed by atoms with van der Waals surface area (Å²) in [6.45, 7) is 6.96. The zero-order chi connectivity index (χ0) is 32.6. The molecule has 2 fully saturated rings. The van der Waals surface area contributed by atoms with Crippen LogP contribution in [-0.4, -0.2) is 46.5 Å². The molecule has 3 unspecified atom stereocenters. The average Bonchev–Trinajstić information content (AvgIpc) is 3.64. The number of carbonyl (C=O) groups excluding carboxylic acids is 1. The molecule has 2 aliphatic rings. The summed E-state index contributed by atoms with van der Waals surface area (Å²) >= 11 is 0. The quantitative estimate of drug-likeness (QED) is 0.175. The number of carboxylic acids is 1. The van der Waals surface area contributed by atoms with Crippen LogP contribution in [0.2, 0.25) is 25.7 Å². The SMILES string of the molecule is C[Si](C)(C)CCC1(C(=O)c2ccc(OCC3CCCC3)cc2)CCC(Cn2nnc3ccc(C(F)(F)F)cc3c2=O)C1C(=O)O. The lowest BCUT2D eigenvalue weighted by Gasteiger charge is -2.35. The molecule has 2 aromatic carbocycles. The van der Waals surface area contributed by atoms with Gasteiger partial charge in [0.2, 0.25) is 0 Å². The summed E-state index contributed by atoms with van der Waals surface area (Å²) in [5.74, 6) is -1.96. The molecule has 5 rings (SSSR count). The Morgan fingerprint density at radius 1 is 1.07 bits per heavy atom. The first kappa shape index (κ1) is 32.8. The van der Waals surface area contributed by atoms with Gasteiger partial charge in [0.25, 0.3) is 5.56 Å². The second-order valence-electron chi connectivity index (χ2n) is 14.0. The number of carboxylic acid groups (broad SMARTS) is 1. The van der Waals surface area contributed by atoms with Crippen molar-refractivity contribution in [3.05, 3.63) is 63.9 Å². The molecule has 1 N–H and O–H groups in total. The summed E-state index contributed by atoms with van der Waals surface area (Å²) in [6.07, 6.45) is 1.13. The number of ether oxygens (including phenoxy) is 1. The molecule has 1 heterocycles. The number of rotatable bonds is 11. The molecular weight excluding hydrogens is 603 g/mol. The third kappa shape index (κ3) is 7.15. The first-order valence-electron chi connectivity index (χ1n) is 15.6. The highest BCUT2D eigenvalue weighted by molar-refractivity contribution is 6.76. The van der Waals surface area contributed by atoms with Gasteiger partial charge in [-0.25, -0.2) is 4.68 Å². The van der Waals surface area contributed by atoms with Crippen molar-refractivity contribution in [1.29, 1.82) is 0 Å². The van der Waals surface area contributed by atoms with E-state index in [9.17, 15) is 32.7 Å². The number of hydrogen-bond donors (Lipinski definition) is 1. The van der Waals surface area contributed by atoms with Gasteiger partial charge in [0.05, 0.1) is 30.0 Å². The van der Waals surface area contributed by atoms with E-state index in [2.05, 4.69) is 30.0 Å². The Kier molecular flexibility index (Phi) is 9.26. The molecule has 0 spiro atoms. The number of nitrogens with zero attached hydrogens (tertiary/aromatic N) is 3. The van der Waals surface area contributed by atoms with E-state index >= 15 is 0 Å². The molecule has 3 atom stereocenters. The van der Waals surface area contributed by atoms with Crippen molar-refractivity contribution in [3.63, 3.8) is 0 Å². The van der Waals surface area contributed by atoms with Crippen LogP contribution in [-0.2, 0) is 17.5 Å². The van der Waals surface area contributed by atoms with Crippen LogP contribution < -0.4 is 10.3 Å². The van der Waals surface area contributed by atoms with E-state index in [-0.39, 0.29) is 23.2 Å². The molecule has 0 aliphatic heterocycles. The second kappa shape index (κ2) is 12.7. The summed E-state index contributed by atoms with van der Waals surface area (Å²) in [4.78, 5) is 40.6. The van der Waals surface area contributed by atoms with Crippen LogP contribution in [0, 0.1) is 23.2 Å². The van der Waals surface area contributed by atoms with Gasteiger partial charge in [-0.3, -0.25) is 14.4 Å². The van der Waals surface area contributed by atoms with Gasteiger partial charge in [0.1, 0.15) is 11.3 Å². The lowest BCUT2D eigenvalue weighted by atomic mass is 9.68. The molecule has 0 saturated heterocycles. The van der Waals surface area contributed by atoms with Crippen molar-refractivity contribution in [2.45, 2.75) is 83.4 Å². The summed E-state index contributed by atoms with van der Waals surface area (Å²) < 4.78 is 47.0. The van der Waals surface area contributed by atoms with E-state index in [0.717, 1.165) is 41.8 Å². The molecule has 242 valence electrons. The Morgan fingerprint density at radius 3 is 2.38 bits per heavy atom. The maximum absolute atomic E-state index is 14.4. The zero-order valence-corrected chi connectivity index (χ0v) is 26.9. The highest BCUT2D eigenvalue weighted by atomic mass is 28.3. The number of alkyl halides is 3. The Hall–Kier alpha value is -3.54. The lowest BCUT2D eigenvalue weighted by Crippen LogP contribution is -2.43.